The number of benzene rings is 1. The molecule has 0 saturated heterocycles. The number of carbonyl (C=O) groups is 1. The van der Waals surface area contributed by atoms with Crippen LogP contribution in [0.2, 0.25) is 0 Å². The molecule has 0 bridgehead atoms. The van der Waals surface area contributed by atoms with Gasteiger partial charge in [-0.15, -0.1) is 0 Å². The van der Waals surface area contributed by atoms with E-state index in [0.717, 1.165) is 12.9 Å². The van der Waals surface area contributed by atoms with Gasteiger partial charge in [0.2, 0.25) is 0 Å². The van der Waals surface area contributed by atoms with E-state index in [1.165, 1.54) is 12.7 Å². The van der Waals surface area contributed by atoms with Gasteiger partial charge in [-0.05, 0) is 76.2 Å². The van der Waals surface area contributed by atoms with Crippen LogP contribution in [0.1, 0.15) is 18.4 Å². The maximum absolute atomic E-state index is 10.9. The first kappa shape index (κ1) is 15.0. The minimum atomic E-state index is -0.193. The molecule has 1 aromatic rings. The van der Waals surface area contributed by atoms with E-state index in [2.05, 4.69) is 69.0 Å². The molecule has 0 amide bonds. The summed E-state index contributed by atoms with van der Waals surface area (Å²) >= 11 is 4.53. The molecule has 1 rings (SSSR count). The van der Waals surface area contributed by atoms with E-state index in [1.807, 2.05) is 0 Å². The SMILES string of the molecule is COC(=O)CCCOc1c(I)cc(C)cc1I. The monoisotopic (exact) mass is 460 g/mol. The zero-order chi connectivity index (χ0) is 12.8. The van der Waals surface area contributed by atoms with Crippen LogP contribution in [0, 0.1) is 14.1 Å². The number of methoxy groups -OCH3 is 1. The molecule has 0 aliphatic rings. The maximum atomic E-state index is 10.9. The highest BCUT2D eigenvalue weighted by molar-refractivity contribution is 14.1. The topological polar surface area (TPSA) is 35.5 Å². The fourth-order valence-corrected chi connectivity index (χ4v) is 3.71. The smallest absolute Gasteiger partial charge is 0.305 e. The Morgan fingerprint density at radius 1 is 1.29 bits per heavy atom. The van der Waals surface area contributed by atoms with Crippen molar-refractivity contribution in [3.63, 3.8) is 0 Å². The predicted octanol–water partition coefficient (Wildman–Crippen LogP) is 3.54. The zero-order valence-corrected chi connectivity index (χ0v) is 14.1. The summed E-state index contributed by atoms with van der Waals surface area (Å²) in [6.07, 6.45) is 1.07. The van der Waals surface area contributed by atoms with Gasteiger partial charge in [-0.3, -0.25) is 4.79 Å². The van der Waals surface area contributed by atoms with Crippen LogP contribution in [0.4, 0.5) is 0 Å². The van der Waals surface area contributed by atoms with Crippen LogP contribution in [0.25, 0.3) is 0 Å². The highest BCUT2D eigenvalue weighted by atomic mass is 127. The molecular formula is C12H14I2O3. The molecule has 1 aromatic carbocycles. The van der Waals surface area contributed by atoms with E-state index in [9.17, 15) is 4.79 Å². The van der Waals surface area contributed by atoms with Crippen molar-refractivity contribution in [1.29, 1.82) is 0 Å². The molecule has 0 N–H and O–H groups in total. The van der Waals surface area contributed by atoms with Crippen molar-refractivity contribution in [2.45, 2.75) is 19.8 Å². The minimum absolute atomic E-state index is 0.193. The van der Waals surface area contributed by atoms with Gasteiger partial charge in [0.1, 0.15) is 5.75 Å². The molecule has 0 aliphatic carbocycles. The molecule has 0 saturated carbocycles. The number of carbonyl (C=O) groups excluding carboxylic acids is 1. The van der Waals surface area contributed by atoms with E-state index in [0.29, 0.717) is 19.4 Å². The number of hydrogen-bond acceptors (Lipinski definition) is 3. The van der Waals surface area contributed by atoms with E-state index >= 15 is 0 Å². The Kier molecular flexibility index (Phi) is 6.53. The summed E-state index contributed by atoms with van der Waals surface area (Å²) in [5.41, 5.74) is 1.22. The van der Waals surface area contributed by atoms with Gasteiger partial charge in [0, 0.05) is 6.42 Å². The number of hydrogen-bond donors (Lipinski definition) is 0. The van der Waals surface area contributed by atoms with Gasteiger partial charge in [-0.1, -0.05) is 0 Å². The lowest BCUT2D eigenvalue weighted by molar-refractivity contribution is -0.140. The van der Waals surface area contributed by atoms with Crippen molar-refractivity contribution >= 4 is 51.2 Å². The molecule has 0 aliphatic heterocycles. The molecule has 0 fully saturated rings. The summed E-state index contributed by atoms with van der Waals surface area (Å²) in [7, 11) is 1.40. The Bertz CT molecular complexity index is 382. The van der Waals surface area contributed by atoms with Crippen LogP contribution in [0.15, 0.2) is 12.1 Å². The van der Waals surface area contributed by atoms with Crippen molar-refractivity contribution < 1.29 is 14.3 Å². The Morgan fingerprint density at radius 2 is 1.88 bits per heavy atom. The summed E-state index contributed by atoms with van der Waals surface area (Å²) in [6.45, 7) is 2.59. The van der Waals surface area contributed by atoms with Crippen LogP contribution in [0.5, 0.6) is 5.75 Å². The van der Waals surface area contributed by atoms with E-state index in [-0.39, 0.29) is 5.97 Å². The van der Waals surface area contributed by atoms with Crippen molar-refractivity contribution in [2.24, 2.45) is 0 Å². The number of esters is 1. The van der Waals surface area contributed by atoms with Gasteiger partial charge < -0.3 is 9.47 Å². The van der Waals surface area contributed by atoms with Gasteiger partial charge in [0.05, 0.1) is 20.9 Å². The molecule has 0 aromatic heterocycles. The second-order valence-electron chi connectivity index (χ2n) is 3.59. The van der Waals surface area contributed by atoms with Gasteiger partial charge in [-0.2, -0.15) is 0 Å². The van der Waals surface area contributed by atoms with E-state index in [4.69, 9.17) is 4.74 Å². The van der Waals surface area contributed by atoms with Crippen LogP contribution < -0.4 is 4.74 Å². The first-order valence-corrected chi connectivity index (χ1v) is 7.35. The number of halogens is 2. The van der Waals surface area contributed by atoms with E-state index < -0.39 is 0 Å². The maximum Gasteiger partial charge on any atom is 0.305 e. The fourth-order valence-electron chi connectivity index (χ4n) is 1.32. The first-order chi connectivity index (χ1) is 8.04. The lowest BCUT2D eigenvalue weighted by Gasteiger charge is -2.10. The van der Waals surface area contributed by atoms with Gasteiger partial charge in [0.15, 0.2) is 0 Å². The second-order valence-corrected chi connectivity index (χ2v) is 5.91. The molecule has 0 spiro atoms. The molecule has 0 radical (unpaired) electrons. The molecule has 94 valence electrons. The highest BCUT2D eigenvalue weighted by Crippen LogP contribution is 2.28. The first-order valence-electron chi connectivity index (χ1n) is 5.20. The Hall–Kier alpha value is -0.0500. The Labute approximate surface area is 129 Å². The van der Waals surface area contributed by atoms with Crippen molar-refractivity contribution in [3.8, 4) is 5.75 Å². The van der Waals surface area contributed by atoms with Gasteiger partial charge in [-0.25, -0.2) is 0 Å². The molecule has 0 atom stereocenters. The Balaban J connectivity index is 2.50. The molecule has 0 unspecified atom stereocenters. The van der Waals surface area contributed by atoms with Crippen LogP contribution in [0.3, 0.4) is 0 Å². The molecule has 0 heterocycles. The van der Waals surface area contributed by atoms with Crippen molar-refractivity contribution in [2.75, 3.05) is 13.7 Å². The number of rotatable bonds is 5. The summed E-state index contributed by atoms with van der Waals surface area (Å²) in [4.78, 5) is 10.9. The zero-order valence-electron chi connectivity index (χ0n) is 9.76. The lowest BCUT2D eigenvalue weighted by Crippen LogP contribution is -2.06. The largest absolute Gasteiger partial charge is 0.491 e. The van der Waals surface area contributed by atoms with Crippen LogP contribution in [-0.4, -0.2) is 19.7 Å². The normalized spacial score (nSPS) is 10.1. The summed E-state index contributed by atoms with van der Waals surface area (Å²) < 4.78 is 12.5. The molecular weight excluding hydrogens is 446 g/mol. The molecule has 5 heteroatoms. The van der Waals surface area contributed by atoms with Gasteiger partial charge in [0.25, 0.3) is 0 Å². The summed E-state index contributed by atoms with van der Waals surface area (Å²) in [5, 5.41) is 0. The van der Waals surface area contributed by atoms with Gasteiger partial charge >= 0.3 is 5.97 Å². The van der Waals surface area contributed by atoms with E-state index in [1.54, 1.807) is 0 Å². The number of ether oxygens (including phenoxy) is 2. The predicted molar refractivity (Wildman–Crippen MR) is 83.4 cm³/mol. The average Bonchev–Trinajstić information content (AvgIpc) is 2.26. The minimum Gasteiger partial charge on any atom is -0.491 e. The van der Waals surface area contributed by atoms with Crippen LogP contribution in [-0.2, 0) is 9.53 Å². The average molecular weight is 460 g/mol. The summed E-state index contributed by atoms with van der Waals surface area (Å²) in [6, 6.07) is 4.16. The standard InChI is InChI=1S/C12H14I2O3/c1-8-6-9(13)12(10(14)7-8)17-5-3-4-11(15)16-2/h6-7H,3-5H2,1-2H3. The second kappa shape index (κ2) is 7.40. The summed E-state index contributed by atoms with van der Waals surface area (Å²) in [5.74, 6) is 0.712. The highest BCUT2D eigenvalue weighted by Gasteiger charge is 2.08. The Morgan fingerprint density at radius 3 is 2.41 bits per heavy atom. The van der Waals surface area contributed by atoms with Crippen LogP contribution >= 0.6 is 45.2 Å². The van der Waals surface area contributed by atoms with Crippen molar-refractivity contribution in [1.82, 2.24) is 0 Å². The van der Waals surface area contributed by atoms with Crippen molar-refractivity contribution in [3.05, 3.63) is 24.8 Å². The molecule has 17 heavy (non-hydrogen) atoms. The fraction of sp³-hybridized carbons (Fsp3) is 0.417. The third-order valence-corrected chi connectivity index (χ3v) is 3.74. The lowest BCUT2D eigenvalue weighted by atomic mass is 10.2. The third-order valence-electron chi connectivity index (χ3n) is 2.14. The molecule has 3 nitrogen and oxygen atoms in total. The quantitative estimate of drug-likeness (QED) is 0.384. The third kappa shape index (κ3) is 4.99. The number of aryl methyl sites for hydroxylation is 1.